The van der Waals surface area contributed by atoms with Gasteiger partial charge >= 0.3 is 0 Å². The van der Waals surface area contributed by atoms with Gasteiger partial charge in [-0.2, -0.15) is 0 Å². The Morgan fingerprint density at radius 2 is 1.83 bits per heavy atom. The molecule has 0 aliphatic heterocycles. The Hall–Kier alpha value is 0.110. The Morgan fingerprint density at radius 3 is 2.33 bits per heavy atom. The molecule has 1 N–H and O–H groups in total. The molecule has 1 aliphatic rings. The summed E-state index contributed by atoms with van der Waals surface area (Å²) in [6.45, 7) is 9.96. The molecule has 0 spiro atoms. The largest absolute Gasteiger partial charge is 0.313 e. The van der Waals surface area contributed by atoms with E-state index in [1.54, 1.807) is 0 Å². The van der Waals surface area contributed by atoms with Crippen LogP contribution in [0.15, 0.2) is 0 Å². The minimum Gasteiger partial charge on any atom is -0.313 e. The van der Waals surface area contributed by atoms with E-state index in [9.17, 15) is 4.21 Å². The lowest BCUT2D eigenvalue weighted by molar-refractivity contribution is 0.290. The monoisotopic (exact) mass is 273 g/mol. The van der Waals surface area contributed by atoms with E-state index in [0.29, 0.717) is 11.3 Å². The van der Waals surface area contributed by atoms with Gasteiger partial charge in [-0.05, 0) is 31.2 Å². The van der Waals surface area contributed by atoms with Gasteiger partial charge in [0.2, 0.25) is 0 Å². The van der Waals surface area contributed by atoms with E-state index >= 15 is 0 Å². The van der Waals surface area contributed by atoms with Crippen molar-refractivity contribution in [1.82, 2.24) is 5.32 Å². The van der Waals surface area contributed by atoms with Crippen molar-refractivity contribution in [2.24, 2.45) is 5.41 Å². The quantitative estimate of drug-likeness (QED) is 0.803. The van der Waals surface area contributed by atoms with E-state index in [1.165, 1.54) is 32.1 Å². The van der Waals surface area contributed by atoms with E-state index in [2.05, 4.69) is 33.0 Å². The smallest absolute Gasteiger partial charge is 0.0396 e. The Balaban J connectivity index is 2.50. The zero-order valence-electron chi connectivity index (χ0n) is 12.6. The fraction of sp³-hybridized carbons (Fsp3) is 1.00. The van der Waals surface area contributed by atoms with Crippen LogP contribution >= 0.6 is 0 Å². The molecule has 1 rings (SSSR count). The third-order valence-electron chi connectivity index (χ3n) is 3.94. The standard InChI is InChI=1S/C15H31NOS/c1-5-11-16-14(15(2,3)4)12-18(17)13-9-7-6-8-10-13/h13-14,16H,5-12H2,1-4H3. The van der Waals surface area contributed by atoms with Crippen molar-refractivity contribution in [3.05, 3.63) is 0 Å². The van der Waals surface area contributed by atoms with Gasteiger partial charge in [-0.15, -0.1) is 0 Å². The van der Waals surface area contributed by atoms with Crippen molar-refractivity contribution in [2.75, 3.05) is 12.3 Å². The molecule has 0 aromatic carbocycles. The highest BCUT2D eigenvalue weighted by atomic mass is 32.2. The molecule has 2 unspecified atom stereocenters. The van der Waals surface area contributed by atoms with Gasteiger partial charge in [-0.25, -0.2) is 0 Å². The number of hydrogen-bond acceptors (Lipinski definition) is 2. The molecule has 2 atom stereocenters. The van der Waals surface area contributed by atoms with Gasteiger partial charge in [0.25, 0.3) is 0 Å². The van der Waals surface area contributed by atoms with Crippen LogP contribution in [0.3, 0.4) is 0 Å². The summed E-state index contributed by atoms with van der Waals surface area (Å²) in [5, 5.41) is 4.05. The maximum absolute atomic E-state index is 12.5. The van der Waals surface area contributed by atoms with Gasteiger partial charge < -0.3 is 5.32 Å². The summed E-state index contributed by atoms with van der Waals surface area (Å²) in [4.78, 5) is 0. The predicted octanol–water partition coefficient (Wildman–Crippen LogP) is 3.48. The maximum Gasteiger partial charge on any atom is 0.0396 e. The topological polar surface area (TPSA) is 29.1 Å². The Bertz CT molecular complexity index is 254. The molecule has 0 amide bonds. The molecule has 0 bridgehead atoms. The van der Waals surface area contributed by atoms with E-state index in [0.717, 1.165) is 18.7 Å². The minimum absolute atomic E-state index is 0.194. The van der Waals surface area contributed by atoms with E-state index in [1.807, 2.05) is 0 Å². The average Bonchev–Trinajstić information content (AvgIpc) is 2.34. The van der Waals surface area contributed by atoms with Crippen LogP contribution in [0, 0.1) is 5.41 Å². The van der Waals surface area contributed by atoms with Crippen LogP contribution in [0.5, 0.6) is 0 Å². The third kappa shape index (κ3) is 5.40. The summed E-state index contributed by atoms with van der Waals surface area (Å²) in [6.07, 6.45) is 7.39. The molecule has 1 saturated carbocycles. The van der Waals surface area contributed by atoms with Gasteiger partial charge in [0.15, 0.2) is 0 Å². The van der Waals surface area contributed by atoms with Crippen LogP contribution in [-0.2, 0) is 10.8 Å². The zero-order valence-corrected chi connectivity index (χ0v) is 13.4. The van der Waals surface area contributed by atoms with Crippen LogP contribution in [0.4, 0.5) is 0 Å². The molecule has 0 aromatic rings. The molecule has 1 fully saturated rings. The van der Waals surface area contributed by atoms with E-state index in [-0.39, 0.29) is 5.41 Å². The van der Waals surface area contributed by atoms with Gasteiger partial charge in [-0.1, -0.05) is 47.0 Å². The first-order chi connectivity index (χ1) is 8.45. The number of nitrogens with one attached hydrogen (secondary N) is 1. The van der Waals surface area contributed by atoms with Crippen molar-refractivity contribution in [3.63, 3.8) is 0 Å². The molecule has 0 heterocycles. The third-order valence-corrected chi connectivity index (χ3v) is 5.82. The lowest BCUT2D eigenvalue weighted by Gasteiger charge is -2.33. The first-order valence-electron chi connectivity index (χ1n) is 7.55. The minimum atomic E-state index is -0.649. The average molecular weight is 273 g/mol. The second-order valence-corrected chi connectivity index (χ2v) is 8.44. The lowest BCUT2D eigenvalue weighted by Crippen LogP contribution is -2.45. The van der Waals surface area contributed by atoms with Crippen LogP contribution in [0.25, 0.3) is 0 Å². The number of rotatable bonds is 6. The highest BCUT2D eigenvalue weighted by Crippen LogP contribution is 2.25. The molecule has 1 aliphatic carbocycles. The fourth-order valence-electron chi connectivity index (χ4n) is 2.56. The normalized spacial score (nSPS) is 21.8. The van der Waals surface area contributed by atoms with E-state index < -0.39 is 10.8 Å². The Morgan fingerprint density at radius 1 is 1.22 bits per heavy atom. The number of hydrogen-bond donors (Lipinski definition) is 1. The molecule has 18 heavy (non-hydrogen) atoms. The fourth-order valence-corrected chi connectivity index (χ4v) is 4.64. The molecular formula is C15H31NOS. The zero-order chi connectivity index (χ0) is 13.6. The highest BCUT2D eigenvalue weighted by molar-refractivity contribution is 7.85. The van der Waals surface area contributed by atoms with Crippen LogP contribution in [0.1, 0.15) is 66.2 Å². The molecule has 3 heteroatoms. The van der Waals surface area contributed by atoms with Gasteiger partial charge in [0, 0.05) is 27.8 Å². The lowest BCUT2D eigenvalue weighted by atomic mass is 9.88. The van der Waals surface area contributed by atoms with Crippen molar-refractivity contribution < 1.29 is 4.21 Å². The molecular weight excluding hydrogens is 242 g/mol. The SMILES string of the molecule is CCCNC(CS(=O)C1CCCCC1)C(C)(C)C. The molecule has 2 nitrogen and oxygen atoms in total. The second kappa shape index (κ2) is 7.64. The summed E-state index contributed by atoms with van der Waals surface area (Å²) in [6, 6.07) is 0.375. The van der Waals surface area contributed by atoms with Crippen LogP contribution in [0.2, 0.25) is 0 Å². The van der Waals surface area contributed by atoms with Crippen LogP contribution < -0.4 is 5.32 Å². The Kier molecular flexibility index (Phi) is 6.86. The maximum atomic E-state index is 12.5. The molecule has 108 valence electrons. The summed E-state index contributed by atoms with van der Waals surface area (Å²) < 4.78 is 12.5. The van der Waals surface area contributed by atoms with Gasteiger partial charge in [0.1, 0.15) is 0 Å². The van der Waals surface area contributed by atoms with Gasteiger partial charge in [0.05, 0.1) is 0 Å². The summed E-state index contributed by atoms with van der Waals surface area (Å²) in [5.74, 6) is 0.828. The first-order valence-corrected chi connectivity index (χ1v) is 8.94. The Labute approximate surface area is 116 Å². The second-order valence-electron chi connectivity index (χ2n) is 6.68. The summed E-state index contributed by atoms with van der Waals surface area (Å²) in [7, 11) is -0.649. The van der Waals surface area contributed by atoms with E-state index in [4.69, 9.17) is 0 Å². The molecule has 0 radical (unpaired) electrons. The predicted molar refractivity (Wildman–Crippen MR) is 81.4 cm³/mol. The first kappa shape index (κ1) is 16.2. The van der Waals surface area contributed by atoms with Crippen molar-refractivity contribution >= 4 is 10.8 Å². The van der Waals surface area contributed by atoms with Crippen LogP contribution in [-0.4, -0.2) is 27.8 Å². The molecule has 0 aromatic heterocycles. The van der Waals surface area contributed by atoms with Crippen molar-refractivity contribution in [2.45, 2.75) is 77.5 Å². The van der Waals surface area contributed by atoms with Gasteiger partial charge in [-0.3, -0.25) is 4.21 Å². The molecule has 0 saturated heterocycles. The summed E-state index contributed by atoms with van der Waals surface area (Å²) >= 11 is 0. The van der Waals surface area contributed by atoms with Crippen molar-refractivity contribution in [1.29, 1.82) is 0 Å². The highest BCUT2D eigenvalue weighted by Gasteiger charge is 2.29. The summed E-state index contributed by atoms with van der Waals surface area (Å²) in [5.41, 5.74) is 0.194. The van der Waals surface area contributed by atoms with Crippen molar-refractivity contribution in [3.8, 4) is 0 Å².